The van der Waals surface area contributed by atoms with E-state index < -0.39 is 17.0 Å². The van der Waals surface area contributed by atoms with Gasteiger partial charge in [-0.3, -0.25) is 4.79 Å². The molecule has 0 aliphatic carbocycles. The zero-order valence-corrected chi connectivity index (χ0v) is 9.31. The Morgan fingerprint density at radius 3 is 2.78 bits per heavy atom. The number of carboxylic acids is 1. The van der Waals surface area contributed by atoms with Crippen LogP contribution in [0.2, 0.25) is 0 Å². The summed E-state index contributed by atoms with van der Waals surface area (Å²) >= 11 is 0. The lowest BCUT2D eigenvalue weighted by molar-refractivity contribution is -0.537. The first-order chi connectivity index (χ1) is 8.50. The first kappa shape index (κ1) is 12.1. The first-order valence-electron chi connectivity index (χ1n) is 5.22. The van der Waals surface area contributed by atoms with Gasteiger partial charge in [-0.25, -0.2) is 10.1 Å². The molecule has 0 spiro atoms. The molecule has 1 atom stereocenters. The number of nitro groups is 1. The lowest BCUT2D eigenvalue weighted by atomic mass is 10.1. The largest absolute Gasteiger partial charge is 0.480 e. The number of carboxylic acid groups (broad SMARTS) is 1. The van der Waals surface area contributed by atoms with E-state index in [1.54, 1.807) is 24.3 Å². The van der Waals surface area contributed by atoms with Crippen molar-refractivity contribution < 1.29 is 14.9 Å². The minimum absolute atomic E-state index is 0.0523. The molecule has 0 bridgehead atoms. The Morgan fingerprint density at radius 1 is 1.50 bits per heavy atom. The topological polar surface area (TPSA) is 111 Å². The Bertz CT molecular complexity index is 620. The number of aromatic nitrogens is 1. The molecule has 18 heavy (non-hydrogen) atoms. The molecule has 0 aliphatic rings. The van der Waals surface area contributed by atoms with E-state index in [4.69, 9.17) is 10.8 Å². The van der Waals surface area contributed by atoms with Crippen LogP contribution in [0, 0.1) is 10.1 Å². The highest BCUT2D eigenvalue weighted by Crippen LogP contribution is 2.22. The number of fused-ring (bicyclic) bond motifs is 1. The van der Waals surface area contributed by atoms with Crippen LogP contribution in [0.1, 0.15) is 5.56 Å². The number of nitrogens with zero attached hydrogens (tertiary/aromatic N) is 2. The number of benzene rings is 1. The van der Waals surface area contributed by atoms with E-state index in [2.05, 4.69) is 0 Å². The second-order valence-electron chi connectivity index (χ2n) is 3.90. The van der Waals surface area contributed by atoms with Gasteiger partial charge in [-0.05, 0) is 11.6 Å². The molecule has 0 saturated heterocycles. The molecular formula is C11H11N3O4. The predicted octanol–water partition coefficient (Wildman–Crippen LogP) is 0.636. The van der Waals surface area contributed by atoms with Crippen LogP contribution >= 0.6 is 0 Å². The number of carbonyl (C=O) groups is 1. The van der Waals surface area contributed by atoms with Gasteiger partial charge in [0.25, 0.3) is 0 Å². The van der Waals surface area contributed by atoms with Crippen LogP contribution in [0.15, 0.2) is 30.5 Å². The molecule has 0 radical (unpaired) electrons. The molecule has 1 aromatic carbocycles. The molecule has 0 aliphatic heterocycles. The van der Waals surface area contributed by atoms with E-state index in [1.165, 1.54) is 6.20 Å². The number of hydrogen-bond donors (Lipinski definition) is 2. The van der Waals surface area contributed by atoms with Crippen molar-refractivity contribution in [3.8, 4) is 0 Å². The number of hydrogen-bond acceptors (Lipinski definition) is 4. The molecular weight excluding hydrogens is 238 g/mol. The Morgan fingerprint density at radius 2 is 2.17 bits per heavy atom. The maximum absolute atomic E-state index is 10.9. The van der Waals surface area contributed by atoms with Crippen molar-refractivity contribution in [1.29, 1.82) is 0 Å². The van der Waals surface area contributed by atoms with Gasteiger partial charge in [0.05, 0.1) is 6.20 Å². The average molecular weight is 249 g/mol. The normalized spacial score (nSPS) is 12.5. The van der Waals surface area contributed by atoms with Gasteiger partial charge in [0.15, 0.2) is 5.03 Å². The molecule has 94 valence electrons. The summed E-state index contributed by atoms with van der Waals surface area (Å²) in [4.78, 5) is 21.6. The minimum atomic E-state index is -1.13. The standard InChI is InChI=1S/C11H11N3O4/c12-9(11(15)16)5-7-6-13(14(17)18)10-4-2-1-3-8(7)10/h1-4,6,9H,5,12H2,(H,15,16)/t9-/m1/s1. The molecule has 1 aromatic heterocycles. The van der Waals surface area contributed by atoms with Gasteiger partial charge >= 0.3 is 5.97 Å². The van der Waals surface area contributed by atoms with E-state index in [9.17, 15) is 14.9 Å². The predicted molar refractivity (Wildman–Crippen MR) is 63.6 cm³/mol. The van der Waals surface area contributed by atoms with E-state index in [1.807, 2.05) is 0 Å². The highest BCUT2D eigenvalue weighted by atomic mass is 16.7. The molecule has 1 heterocycles. The van der Waals surface area contributed by atoms with E-state index in [0.717, 1.165) is 4.68 Å². The van der Waals surface area contributed by atoms with Crippen LogP contribution in [-0.2, 0) is 11.2 Å². The van der Waals surface area contributed by atoms with Crippen LogP contribution in [0.5, 0.6) is 0 Å². The molecule has 2 aromatic rings. The molecule has 0 saturated carbocycles. The van der Waals surface area contributed by atoms with Gasteiger partial charge < -0.3 is 10.8 Å². The van der Waals surface area contributed by atoms with Crippen molar-refractivity contribution in [3.63, 3.8) is 0 Å². The van der Waals surface area contributed by atoms with E-state index >= 15 is 0 Å². The van der Waals surface area contributed by atoms with Gasteiger partial charge in [-0.2, -0.15) is 0 Å². The Hall–Kier alpha value is -2.41. The third kappa shape index (κ3) is 2.03. The van der Waals surface area contributed by atoms with Crippen LogP contribution in [0.25, 0.3) is 10.9 Å². The van der Waals surface area contributed by atoms with Crippen molar-refractivity contribution in [1.82, 2.24) is 4.68 Å². The summed E-state index contributed by atoms with van der Waals surface area (Å²) in [6, 6.07) is 5.66. The van der Waals surface area contributed by atoms with Crippen molar-refractivity contribution >= 4 is 16.9 Å². The third-order valence-electron chi connectivity index (χ3n) is 2.71. The third-order valence-corrected chi connectivity index (χ3v) is 2.71. The van der Waals surface area contributed by atoms with Crippen molar-refractivity contribution in [3.05, 3.63) is 46.1 Å². The number of para-hydroxylation sites is 1. The van der Waals surface area contributed by atoms with Crippen LogP contribution in [-0.4, -0.2) is 26.8 Å². The summed E-state index contributed by atoms with van der Waals surface area (Å²) in [7, 11) is 0. The Labute approximate surface area is 102 Å². The highest BCUT2D eigenvalue weighted by Gasteiger charge is 2.19. The number of rotatable bonds is 4. The monoisotopic (exact) mass is 249 g/mol. The second kappa shape index (κ2) is 4.46. The number of aliphatic carboxylic acids is 1. The molecule has 2 rings (SSSR count). The fourth-order valence-corrected chi connectivity index (χ4v) is 1.85. The van der Waals surface area contributed by atoms with Gasteiger partial charge in [0, 0.05) is 11.8 Å². The maximum atomic E-state index is 10.9. The van der Waals surface area contributed by atoms with Crippen molar-refractivity contribution in [2.45, 2.75) is 12.5 Å². The zero-order chi connectivity index (χ0) is 13.3. The van der Waals surface area contributed by atoms with Crippen LogP contribution in [0.3, 0.4) is 0 Å². The second-order valence-corrected chi connectivity index (χ2v) is 3.90. The highest BCUT2D eigenvalue weighted by molar-refractivity contribution is 5.84. The molecule has 7 nitrogen and oxygen atoms in total. The quantitative estimate of drug-likeness (QED) is 0.609. The summed E-state index contributed by atoms with van der Waals surface area (Å²) in [6.07, 6.45) is 1.37. The van der Waals surface area contributed by atoms with E-state index in [0.29, 0.717) is 16.5 Å². The summed E-state index contributed by atoms with van der Waals surface area (Å²) in [5.41, 5.74) is 6.43. The van der Waals surface area contributed by atoms with Crippen LogP contribution < -0.4 is 5.73 Å². The molecule has 7 heteroatoms. The summed E-state index contributed by atoms with van der Waals surface area (Å²) < 4.78 is 0.874. The van der Waals surface area contributed by atoms with Gasteiger partial charge in [-0.1, -0.05) is 22.9 Å². The van der Waals surface area contributed by atoms with Crippen molar-refractivity contribution in [2.24, 2.45) is 5.73 Å². The fraction of sp³-hybridized carbons (Fsp3) is 0.182. The van der Waals surface area contributed by atoms with Crippen molar-refractivity contribution in [2.75, 3.05) is 0 Å². The SMILES string of the molecule is N[C@H](Cc1cn([N+](=O)[O-])c2ccccc12)C(=O)O. The summed E-state index contributed by atoms with van der Waals surface area (Å²) in [5.74, 6) is -1.13. The maximum Gasteiger partial charge on any atom is 0.320 e. The molecule has 0 amide bonds. The summed E-state index contributed by atoms with van der Waals surface area (Å²) in [5, 5.41) is 19.7. The van der Waals surface area contributed by atoms with E-state index in [-0.39, 0.29) is 6.42 Å². The fourth-order valence-electron chi connectivity index (χ4n) is 1.85. The van der Waals surface area contributed by atoms with Gasteiger partial charge in [0.2, 0.25) is 0 Å². The first-order valence-corrected chi connectivity index (χ1v) is 5.22. The van der Waals surface area contributed by atoms with Crippen LogP contribution in [0.4, 0.5) is 0 Å². The number of nitrogens with two attached hydrogens (primary N) is 1. The lowest BCUT2D eigenvalue weighted by Crippen LogP contribution is -2.32. The molecule has 0 unspecified atom stereocenters. The zero-order valence-electron chi connectivity index (χ0n) is 9.31. The molecule has 3 N–H and O–H groups in total. The summed E-state index contributed by atoms with van der Waals surface area (Å²) in [6.45, 7) is 0. The smallest absolute Gasteiger partial charge is 0.320 e. The minimum Gasteiger partial charge on any atom is -0.480 e. The van der Waals surface area contributed by atoms with Gasteiger partial charge in [-0.15, -0.1) is 0 Å². The average Bonchev–Trinajstić information content (AvgIpc) is 2.68. The Balaban J connectivity index is 2.51. The van der Waals surface area contributed by atoms with Gasteiger partial charge in [0.1, 0.15) is 11.6 Å². The lowest BCUT2D eigenvalue weighted by Gasteiger charge is -2.03. The Kier molecular flexibility index (Phi) is 2.99. The molecule has 0 fully saturated rings.